The Morgan fingerprint density at radius 3 is 1.57 bits per heavy atom. The minimum atomic E-state index is -2.74. The summed E-state index contributed by atoms with van der Waals surface area (Å²) in [4.78, 5) is 36.3. The molecule has 0 unspecified atom stereocenters. The Labute approximate surface area is 175 Å². The fourth-order valence-corrected chi connectivity index (χ4v) is 3.50. The number of carboxylic acids is 3. The smallest absolute Gasteiger partial charge is 0.336 e. The lowest BCUT2D eigenvalue weighted by molar-refractivity contribution is -0.306. The molecule has 0 radical (unpaired) electrons. The Hall–Kier alpha value is -1.79. The van der Waals surface area contributed by atoms with Gasteiger partial charge in [-0.2, -0.15) is 5.06 Å². The molecule has 1 fully saturated rings. The van der Waals surface area contributed by atoms with E-state index in [1.165, 1.54) is 0 Å². The summed E-state index contributed by atoms with van der Waals surface area (Å²) in [5.41, 5.74) is -4.04. The van der Waals surface area contributed by atoms with Crippen molar-refractivity contribution in [1.82, 2.24) is 5.06 Å². The zero-order valence-corrected chi connectivity index (χ0v) is 18.4. The Morgan fingerprint density at radius 1 is 0.933 bits per heavy atom. The topological polar surface area (TPSA) is 185 Å². The third kappa shape index (κ3) is 9.35. The summed E-state index contributed by atoms with van der Waals surface area (Å²) in [6, 6.07) is 0. The molecular weight excluding hydrogens is 402 g/mol. The number of aliphatic hydroxyl groups excluding tert-OH is 1. The van der Waals surface area contributed by atoms with E-state index < -0.39 is 42.0 Å². The zero-order chi connectivity index (χ0) is 24.1. The van der Waals surface area contributed by atoms with Crippen molar-refractivity contribution in [2.24, 2.45) is 0 Å². The van der Waals surface area contributed by atoms with E-state index in [-0.39, 0.29) is 23.8 Å². The summed E-state index contributed by atoms with van der Waals surface area (Å²) in [5.74, 6) is -5.02. The summed E-state index contributed by atoms with van der Waals surface area (Å²) in [6.45, 7) is 11.9. The number of hydrogen-bond acceptors (Lipinski definition) is 8. The second-order valence-electron chi connectivity index (χ2n) is 9.54. The summed E-state index contributed by atoms with van der Waals surface area (Å²) in [5, 5.41) is 55.4. The first-order chi connectivity index (χ1) is 13.2. The van der Waals surface area contributed by atoms with Crippen molar-refractivity contribution in [2.75, 3.05) is 6.61 Å². The SMILES string of the molecule is CC(C)(O)CON1C(C)(C)CC(O)CC1(C)C.O=C(O)CC(O)(CC(=O)O)C(=O)O. The molecule has 0 aromatic heterocycles. The molecule has 176 valence electrons. The third-order valence-corrected chi connectivity index (χ3v) is 4.40. The first kappa shape index (κ1) is 28.2. The number of hydroxylamine groups is 2. The first-order valence-corrected chi connectivity index (χ1v) is 9.45. The van der Waals surface area contributed by atoms with Crippen LogP contribution in [0.3, 0.4) is 0 Å². The van der Waals surface area contributed by atoms with Crippen molar-refractivity contribution in [2.45, 2.75) is 95.6 Å². The molecule has 11 heteroatoms. The molecule has 0 spiro atoms. The Morgan fingerprint density at radius 2 is 1.30 bits per heavy atom. The standard InChI is InChI=1S/C13H27NO3.C6H8O7/c1-11(2)7-10(15)8-12(3,4)14(11)17-9-13(5,6)16;7-3(8)1-6(13,5(11)12)2-4(9)10/h10,15-16H,7-9H2,1-6H3;13H,1-2H2,(H,7,8)(H,9,10)(H,11,12). The fraction of sp³-hybridized carbons (Fsp3) is 0.842. The lowest BCUT2D eigenvalue weighted by Crippen LogP contribution is -2.62. The minimum Gasteiger partial charge on any atom is -0.481 e. The van der Waals surface area contributed by atoms with Gasteiger partial charge in [0.05, 0.1) is 31.2 Å². The average Bonchev–Trinajstić information content (AvgIpc) is 2.41. The van der Waals surface area contributed by atoms with Crippen molar-refractivity contribution in [3.8, 4) is 0 Å². The number of nitrogens with zero attached hydrogens (tertiary/aromatic N) is 1. The van der Waals surface area contributed by atoms with Crippen molar-refractivity contribution >= 4 is 17.9 Å². The van der Waals surface area contributed by atoms with E-state index >= 15 is 0 Å². The van der Waals surface area contributed by atoms with Crippen molar-refractivity contribution < 1.29 is 49.9 Å². The second kappa shape index (κ2) is 10.0. The molecule has 0 bridgehead atoms. The van der Waals surface area contributed by atoms with E-state index in [1.807, 2.05) is 5.06 Å². The van der Waals surface area contributed by atoms with Crippen LogP contribution in [-0.2, 0) is 19.2 Å². The zero-order valence-electron chi connectivity index (χ0n) is 18.4. The van der Waals surface area contributed by atoms with E-state index in [2.05, 4.69) is 27.7 Å². The maximum absolute atomic E-state index is 10.3. The number of hydrogen-bond donors (Lipinski definition) is 6. The normalized spacial score (nSPS) is 19.5. The molecule has 1 heterocycles. The largest absolute Gasteiger partial charge is 0.481 e. The highest BCUT2D eigenvalue weighted by Gasteiger charge is 2.46. The summed E-state index contributed by atoms with van der Waals surface area (Å²) >= 11 is 0. The van der Waals surface area contributed by atoms with Crippen LogP contribution < -0.4 is 0 Å². The molecule has 0 aliphatic carbocycles. The first-order valence-electron chi connectivity index (χ1n) is 9.45. The van der Waals surface area contributed by atoms with Gasteiger partial charge in [-0.15, -0.1) is 0 Å². The van der Waals surface area contributed by atoms with Crippen LogP contribution in [0.15, 0.2) is 0 Å². The van der Waals surface area contributed by atoms with Crippen LogP contribution in [-0.4, -0.2) is 88.6 Å². The van der Waals surface area contributed by atoms with Crippen LogP contribution in [0, 0.1) is 0 Å². The van der Waals surface area contributed by atoms with E-state index in [0.717, 1.165) is 0 Å². The van der Waals surface area contributed by atoms with Crippen LogP contribution >= 0.6 is 0 Å². The summed E-state index contributed by atoms with van der Waals surface area (Å²) < 4.78 is 0. The van der Waals surface area contributed by atoms with E-state index in [0.29, 0.717) is 12.8 Å². The van der Waals surface area contributed by atoms with Gasteiger partial charge in [0.2, 0.25) is 0 Å². The van der Waals surface area contributed by atoms with Gasteiger partial charge in [0.15, 0.2) is 5.60 Å². The number of carboxylic acid groups (broad SMARTS) is 3. The highest BCUT2D eigenvalue weighted by atomic mass is 16.7. The van der Waals surface area contributed by atoms with Crippen LogP contribution in [0.25, 0.3) is 0 Å². The highest BCUT2D eigenvalue weighted by Crippen LogP contribution is 2.38. The van der Waals surface area contributed by atoms with Gasteiger partial charge >= 0.3 is 17.9 Å². The molecular formula is C19H35NO10. The molecule has 0 aromatic rings. The average molecular weight is 437 g/mol. The van der Waals surface area contributed by atoms with Gasteiger partial charge in [-0.25, -0.2) is 4.79 Å². The lowest BCUT2D eigenvalue weighted by atomic mass is 9.80. The predicted molar refractivity (Wildman–Crippen MR) is 105 cm³/mol. The van der Waals surface area contributed by atoms with Crippen molar-refractivity contribution in [3.63, 3.8) is 0 Å². The van der Waals surface area contributed by atoms with Crippen LogP contribution in [0.5, 0.6) is 0 Å². The summed E-state index contributed by atoms with van der Waals surface area (Å²) in [7, 11) is 0. The molecule has 0 amide bonds. The number of piperidine rings is 1. The molecule has 1 aliphatic heterocycles. The number of carbonyl (C=O) groups is 3. The molecule has 0 atom stereocenters. The van der Waals surface area contributed by atoms with Crippen molar-refractivity contribution in [3.05, 3.63) is 0 Å². The maximum atomic E-state index is 10.3. The molecule has 30 heavy (non-hydrogen) atoms. The van der Waals surface area contributed by atoms with Gasteiger partial charge in [-0.1, -0.05) is 0 Å². The molecule has 1 rings (SSSR count). The second-order valence-corrected chi connectivity index (χ2v) is 9.54. The van der Waals surface area contributed by atoms with E-state index in [1.54, 1.807) is 13.8 Å². The quantitative estimate of drug-likeness (QED) is 0.310. The fourth-order valence-electron chi connectivity index (χ4n) is 3.50. The molecule has 6 N–H and O–H groups in total. The van der Waals surface area contributed by atoms with Crippen LogP contribution in [0.2, 0.25) is 0 Å². The van der Waals surface area contributed by atoms with Crippen LogP contribution in [0.1, 0.15) is 67.2 Å². The lowest BCUT2D eigenvalue weighted by Gasteiger charge is -2.53. The number of aliphatic hydroxyl groups is 3. The number of rotatable bonds is 8. The van der Waals surface area contributed by atoms with Gasteiger partial charge in [-0.3, -0.25) is 14.4 Å². The van der Waals surface area contributed by atoms with Gasteiger partial charge in [0.25, 0.3) is 0 Å². The van der Waals surface area contributed by atoms with E-state index in [4.69, 9.17) is 25.3 Å². The van der Waals surface area contributed by atoms with Gasteiger partial charge < -0.3 is 30.6 Å². The predicted octanol–water partition coefficient (Wildman–Crippen LogP) is 0.454. The Kier molecular flexibility index (Phi) is 9.41. The molecule has 0 aromatic carbocycles. The molecule has 0 saturated carbocycles. The highest BCUT2D eigenvalue weighted by molar-refractivity contribution is 5.88. The minimum absolute atomic E-state index is 0.230. The van der Waals surface area contributed by atoms with Gasteiger partial charge in [0, 0.05) is 11.1 Å². The number of aliphatic carboxylic acids is 3. The summed E-state index contributed by atoms with van der Waals surface area (Å²) in [6.07, 6.45) is -1.21. The maximum Gasteiger partial charge on any atom is 0.336 e. The van der Waals surface area contributed by atoms with E-state index in [9.17, 15) is 24.6 Å². The molecule has 11 nitrogen and oxygen atoms in total. The van der Waals surface area contributed by atoms with Gasteiger partial charge in [-0.05, 0) is 54.4 Å². The third-order valence-electron chi connectivity index (χ3n) is 4.40. The molecule has 1 aliphatic rings. The van der Waals surface area contributed by atoms with Crippen molar-refractivity contribution in [1.29, 1.82) is 0 Å². The monoisotopic (exact) mass is 437 g/mol. The Bertz CT molecular complexity index is 589. The molecule has 1 saturated heterocycles. The van der Waals surface area contributed by atoms with Crippen LogP contribution in [0.4, 0.5) is 0 Å². The van der Waals surface area contributed by atoms with Gasteiger partial charge in [0.1, 0.15) is 0 Å². The Balaban J connectivity index is 0.000000584.